The zero-order valence-electron chi connectivity index (χ0n) is 11.8. The van der Waals surface area contributed by atoms with E-state index in [1.165, 1.54) is 9.75 Å². The highest BCUT2D eigenvalue weighted by Crippen LogP contribution is 2.27. The summed E-state index contributed by atoms with van der Waals surface area (Å²) in [6.07, 6.45) is 0.783. The summed E-state index contributed by atoms with van der Waals surface area (Å²) in [5.74, 6) is 2.17. The summed E-state index contributed by atoms with van der Waals surface area (Å²) in [4.78, 5) is 11.4. The van der Waals surface area contributed by atoms with Crippen molar-refractivity contribution in [1.29, 1.82) is 0 Å². The third-order valence-corrected chi connectivity index (χ3v) is 4.27. The van der Waals surface area contributed by atoms with Crippen LogP contribution in [0.3, 0.4) is 0 Å². The maximum atomic E-state index is 5.93. The molecule has 0 aliphatic heterocycles. The number of nitrogens with two attached hydrogens (primary N) is 1. The lowest BCUT2D eigenvalue weighted by atomic mass is 10.2. The zero-order chi connectivity index (χ0) is 14.0. The normalized spacial score (nSPS) is 12.4. The Morgan fingerprint density at radius 1 is 1.32 bits per heavy atom. The van der Waals surface area contributed by atoms with Gasteiger partial charge in [-0.1, -0.05) is 6.92 Å². The van der Waals surface area contributed by atoms with Crippen LogP contribution in [0.2, 0.25) is 0 Å². The molecule has 0 saturated heterocycles. The first-order chi connectivity index (χ1) is 9.01. The van der Waals surface area contributed by atoms with Crippen molar-refractivity contribution in [1.82, 2.24) is 9.97 Å². The number of hydrogen-bond donors (Lipinski definition) is 2. The van der Waals surface area contributed by atoms with Crippen LogP contribution in [0.5, 0.6) is 0 Å². The summed E-state index contributed by atoms with van der Waals surface area (Å²) in [6.45, 7) is 8.22. The molecule has 4 nitrogen and oxygen atoms in total. The van der Waals surface area contributed by atoms with Crippen molar-refractivity contribution in [2.45, 2.75) is 40.2 Å². The Bertz CT molecular complexity index is 577. The van der Waals surface area contributed by atoms with Gasteiger partial charge < -0.3 is 11.1 Å². The van der Waals surface area contributed by atoms with Crippen molar-refractivity contribution in [3.8, 4) is 0 Å². The summed E-state index contributed by atoms with van der Waals surface area (Å²) >= 11 is 1.80. The Morgan fingerprint density at radius 2 is 2.05 bits per heavy atom. The molecule has 2 rings (SSSR count). The molecule has 0 saturated carbocycles. The van der Waals surface area contributed by atoms with E-state index < -0.39 is 0 Å². The van der Waals surface area contributed by atoms with Gasteiger partial charge in [0.15, 0.2) is 0 Å². The topological polar surface area (TPSA) is 63.8 Å². The van der Waals surface area contributed by atoms with E-state index in [9.17, 15) is 0 Å². The highest BCUT2D eigenvalue weighted by molar-refractivity contribution is 7.12. The highest BCUT2D eigenvalue weighted by atomic mass is 32.1. The molecule has 0 fully saturated rings. The molecule has 0 radical (unpaired) electrons. The Hall–Kier alpha value is -1.62. The van der Waals surface area contributed by atoms with Crippen molar-refractivity contribution >= 4 is 23.0 Å². The molecule has 2 aromatic heterocycles. The SMILES string of the molecule is CCc1nc(N)c(C)c(NC(C)c2ccc(C)s2)n1. The summed E-state index contributed by atoms with van der Waals surface area (Å²) in [7, 11) is 0. The van der Waals surface area contributed by atoms with E-state index in [4.69, 9.17) is 5.73 Å². The molecule has 0 aliphatic rings. The number of rotatable bonds is 4. The van der Waals surface area contributed by atoms with Gasteiger partial charge in [-0.25, -0.2) is 9.97 Å². The van der Waals surface area contributed by atoms with Crippen LogP contribution in [0.4, 0.5) is 11.6 Å². The first-order valence-corrected chi connectivity index (χ1v) is 7.28. The molecule has 0 aromatic carbocycles. The van der Waals surface area contributed by atoms with Crippen LogP contribution in [-0.4, -0.2) is 9.97 Å². The molecule has 0 aliphatic carbocycles. The number of nitrogens with one attached hydrogen (secondary N) is 1. The average Bonchev–Trinajstić information content (AvgIpc) is 2.81. The van der Waals surface area contributed by atoms with Gasteiger partial charge in [-0.15, -0.1) is 11.3 Å². The molecule has 0 bridgehead atoms. The summed E-state index contributed by atoms with van der Waals surface area (Å²) in [6, 6.07) is 4.51. The van der Waals surface area contributed by atoms with Crippen LogP contribution >= 0.6 is 11.3 Å². The van der Waals surface area contributed by atoms with Crippen molar-refractivity contribution in [2.75, 3.05) is 11.1 Å². The number of nitrogens with zero attached hydrogens (tertiary/aromatic N) is 2. The maximum Gasteiger partial charge on any atom is 0.135 e. The van der Waals surface area contributed by atoms with E-state index in [2.05, 4.69) is 41.3 Å². The monoisotopic (exact) mass is 276 g/mol. The van der Waals surface area contributed by atoms with Crippen LogP contribution in [0.1, 0.15) is 41.0 Å². The van der Waals surface area contributed by atoms with E-state index in [0.717, 1.165) is 23.6 Å². The second-order valence-corrected chi connectivity index (χ2v) is 5.99. The minimum Gasteiger partial charge on any atom is -0.383 e. The summed E-state index contributed by atoms with van der Waals surface area (Å²) in [5, 5.41) is 3.43. The van der Waals surface area contributed by atoms with Gasteiger partial charge in [0.05, 0.1) is 6.04 Å². The van der Waals surface area contributed by atoms with E-state index in [-0.39, 0.29) is 6.04 Å². The lowest BCUT2D eigenvalue weighted by Crippen LogP contribution is -2.12. The first kappa shape index (κ1) is 13.8. The van der Waals surface area contributed by atoms with E-state index in [0.29, 0.717) is 5.82 Å². The fraction of sp³-hybridized carbons (Fsp3) is 0.429. The summed E-state index contributed by atoms with van der Waals surface area (Å²) < 4.78 is 0. The number of nitrogen functional groups attached to an aromatic ring is 1. The van der Waals surface area contributed by atoms with Gasteiger partial charge in [-0.2, -0.15) is 0 Å². The predicted molar refractivity (Wildman–Crippen MR) is 81.7 cm³/mol. The second kappa shape index (κ2) is 5.57. The smallest absolute Gasteiger partial charge is 0.135 e. The zero-order valence-corrected chi connectivity index (χ0v) is 12.6. The number of aryl methyl sites for hydroxylation is 2. The van der Waals surface area contributed by atoms with Crippen LogP contribution in [0, 0.1) is 13.8 Å². The third-order valence-electron chi connectivity index (χ3n) is 3.09. The van der Waals surface area contributed by atoms with E-state index in [1.54, 1.807) is 11.3 Å². The van der Waals surface area contributed by atoms with Gasteiger partial charge in [0.1, 0.15) is 17.5 Å². The maximum absolute atomic E-state index is 5.93. The molecule has 102 valence electrons. The minimum atomic E-state index is 0.219. The quantitative estimate of drug-likeness (QED) is 0.897. The van der Waals surface area contributed by atoms with Gasteiger partial charge in [-0.3, -0.25) is 0 Å². The Labute approximate surface area is 118 Å². The molecule has 0 amide bonds. The van der Waals surface area contributed by atoms with Crippen molar-refractivity contribution in [2.24, 2.45) is 0 Å². The summed E-state index contributed by atoms with van der Waals surface area (Å²) in [5.41, 5.74) is 6.84. The minimum absolute atomic E-state index is 0.219. The number of hydrogen-bond acceptors (Lipinski definition) is 5. The first-order valence-electron chi connectivity index (χ1n) is 6.47. The molecule has 2 aromatic rings. The van der Waals surface area contributed by atoms with Crippen molar-refractivity contribution in [3.05, 3.63) is 33.3 Å². The fourth-order valence-electron chi connectivity index (χ4n) is 1.84. The Morgan fingerprint density at radius 3 is 2.63 bits per heavy atom. The van der Waals surface area contributed by atoms with Gasteiger partial charge in [0.2, 0.25) is 0 Å². The van der Waals surface area contributed by atoms with E-state index in [1.807, 2.05) is 13.8 Å². The van der Waals surface area contributed by atoms with Gasteiger partial charge in [0, 0.05) is 21.7 Å². The van der Waals surface area contributed by atoms with Crippen molar-refractivity contribution < 1.29 is 0 Å². The van der Waals surface area contributed by atoms with Crippen LogP contribution in [0.15, 0.2) is 12.1 Å². The average molecular weight is 276 g/mol. The lowest BCUT2D eigenvalue weighted by Gasteiger charge is -2.16. The predicted octanol–water partition coefficient (Wildman–Crippen LogP) is 3.47. The number of thiophene rings is 1. The molecule has 5 heteroatoms. The van der Waals surface area contributed by atoms with Crippen LogP contribution in [-0.2, 0) is 6.42 Å². The standard InChI is InChI=1S/C14H20N4S/c1-5-12-17-13(15)9(3)14(18-12)16-10(4)11-7-6-8(2)19-11/h6-7,10H,5H2,1-4H3,(H3,15,16,17,18). The second-order valence-electron chi connectivity index (χ2n) is 4.67. The fourth-order valence-corrected chi connectivity index (χ4v) is 2.72. The number of aromatic nitrogens is 2. The lowest BCUT2D eigenvalue weighted by molar-refractivity contribution is 0.868. The number of anilines is 2. The Kier molecular flexibility index (Phi) is 4.04. The molecular formula is C14H20N4S. The Balaban J connectivity index is 2.25. The molecule has 1 atom stereocenters. The van der Waals surface area contributed by atoms with Gasteiger partial charge >= 0.3 is 0 Å². The largest absolute Gasteiger partial charge is 0.383 e. The van der Waals surface area contributed by atoms with E-state index >= 15 is 0 Å². The third kappa shape index (κ3) is 3.04. The van der Waals surface area contributed by atoms with Crippen LogP contribution < -0.4 is 11.1 Å². The van der Waals surface area contributed by atoms with Gasteiger partial charge in [0.25, 0.3) is 0 Å². The molecule has 0 spiro atoms. The highest BCUT2D eigenvalue weighted by Gasteiger charge is 2.12. The molecular weight excluding hydrogens is 256 g/mol. The molecule has 1 unspecified atom stereocenters. The molecule has 19 heavy (non-hydrogen) atoms. The van der Waals surface area contributed by atoms with Gasteiger partial charge in [-0.05, 0) is 32.9 Å². The molecule has 2 heterocycles. The van der Waals surface area contributed by atoms with Crippen molar-refractivity contribution in [3.63, 3.8) is 0 Å². The molecule has 3 N–H and O–H groups in total. The van der Waals surface area contributed by atoms with Crippen LogP contribution in [0.25, 0.3) is 0 Å².